The molecule has 0 N–H and O–H groups in total. The fourth-order valence-corrected chi connectivity index (χ4v) is 1.71. The summed E-state index contributed by atoms with van der Waals surface area (Å²) in [5.41, 5.74) is -1.23. The van der Waals surface area contributed by atoms with Crippen molar-refractivity contribution in [3.05, 3.63) is 0 Å². The first kappa shape index (κ1) is 18.9. The maximum absolute atomic E-state index is 12.0. The van der Waals surface area contributed by atoms with E-state index in [0.29, 0.717) is 6.61 Å². The molecule has 0 aliphatic carbocycles. The van der Waals surface area contributed by atoms with Gasteiger partial charge in [0.2, 0.25) is 0 Å². The lowest BCUT2D eigenvalue weighted by Gasteiger charge is -2.23. The second kappa shape index (κ2) is 9.78. The zero-order valence-corrected chi connectivity index (χ0v) is 13.7. The number of ether oxygens (including phenoxy) is 2. The molecule has 0 saturated heterocycles. The van der Waals surface area contributed by atoms with Crippen LogP contribution in [0.15, 0.2) is 0 Å². The standard InChI is InChI=1S/C16H30O4/c1-6-8-9-10-11-13(3)20-15(18)16(4,5)14(17)19-12-7-2/h13H,6-12H2,1-5H3. The van der Waals surface area contributed by atoms with Crippen LogP contribution in [0.1, 0.15) is 73.1 Å². The molecule has 0 aliphatic rings. The molecule has 0 bridgehead atoms. The molecule has 0 spiro atoms. The molecule has 1 unspecified atom stereocenters. The highest BCUT2D eigenvalue weighted by molar-refractivity contribution is 5.99. The minimum absolute atomic E-state index is 0.155. The van der Waals surface area contributed by atoms with Crippen LogP contribution in [0.3, 0.4) is 0 Å². The Morgan fingerprint density at radius 3 is 2.20 bits per heavy atom. The number of carbonyl (C=O) groups excluding carboxylic acids is 2. The van der Waals surface area contributed by atoms with E-state index in [0.717, 1.165) is 25.7 Å². The Morgan fingerprint density at radius 2 is 1.65 bits per heavy atom. The second-order valence-corrected chi connectivity index (χ2v) is 5.83. The van der Waals surface area contributed by atoms with Gasteiger partial charge in [0.25, 0.3) is 0 Å². The number of carbonyl (C=O) groups is 2. The summed E-state index contributed by atoms with van der Waals surface area (Å²) in [6.07, 6.45) is 6.01. The fourth-order valence-electron chi connectivity index (χ4n) is 1.71. The molecule has 1 atom stereocenters. The zero-order chi connectivity index (χ0) is 15.6. The summed E-state index contributed by atoms with van der Waals surface area (Å²) < 4.78 is 10.4. The van der Waals surface area contributed by atoms with Crippen molar-refractivity contribution in [2.75, 3.05) is 6.61 Å². The third-order valence-electron chi connectivity index (χ3n) is 3.23. The Labute approximate surface area is 123 Å². The molecule has 0 radical (unpaired) electrons. The van der Waals surface area contributed by atoms with Gasteiger partial charge in [-0.1, -0.05) is 33.1 Å². The molecule has 4 nitrogen and oxygen atoms in total. The first-order valence-corrected chi connectivity index (χ1v) is 7.74. The lowest BCUT2D eigenvalue weighted by molar-refractivity contribution is -0.172. The molecule has 118 valence electrons. The Morgan fingerprint density at radius 1 is 1.00 bits per heavy atom. The van der Waals surface area contributed by atoms with Crippen LogP contribution in [0, 0.1) is 5.41 Å². The van der Waals surface area contributed by atoms with E-state index in [9.17, 15) is 9.59 Å². The molecule has 20 heavy (non-hydrogen) atoms. The van der Waals surface area contributed by atoms with Gasteiger partial charge in [0, 0.05) is 0 Å². The van der Waals surface area contributed by atoms with Crippen molar-refractivity contribution >= 4 is 11.9 Å². The average molecular weight is 286 g/mol. The number of esters is 2. The summed E-state index contributed by atoms with van der Waals surface area (Å²) in [5.74, 6) is -1.01. The summed E-state index contributed by atoms with van der Waals surface area (Å²) in [6.45, 7) is 9.39. The molecule has 0 amide bonds. The molecule has 0 fully saturated rings. The van der Waals surface area contributed by atoms with E-state index in [1.54, 1.807) is 13.8 Å². The minimum atomic E-state index is -1.23. The topological polar surface area (TPSA) is 52.6 Å². The fraction of sp³-hybridized carbons (Fsp3) is 0.875. The smallest absolute Gasteiger partial charge is 0.323 e. The monoisotopic (exact) mass is 286 g/mol. The van der Waals surface area contributed by atoms with Gasteiger partial charge in [-0.15, -0.1) is 0 Å². The van der Waals surface area contributed by atoms with E-state index in [4.69, 9.17) is 9.47 Å². The molecule has 0 aromatic carbocycles. The normalized spacial score (nSPS) is 12.8. The highest BCUT2D eigenvalue weighted by atomic mass is 16.6. The second-order valence-electron chi connectivity index (χ2n) is 5.83. The van der Waals surface area contributed by atoms with Gasteiger partial charge in [0.15, 0.2) is 5.41 Å². The number of hydrogen-bond acceptors (Lipinski definition) is 4. The maximum Gasteiger partial charge on any atom is 0.323 e. The highest BCUT2D eigenvalue weighted by Crippen LogP contribution is 2.21. The largest absolute Gasteiger partial charge is 0.465 e. The van der Waals surface area contributed by atoms with E-state index >= 15 is 0 Å². The van der Waals surface area contributed by atoms with Crippen LogP contribution >= 0.6 is 0 Å². The van der Waals surface area contributed by atoms with E-state index < -0.39 is 17.4 Å². The molecule has 0 heterocycles. The molecule has 0 saturated carbocycles. The lowest BCUT2D eigenvalue weighted by atomic mass is 9.94. The minimum Gasteiger partial charge on any atom is -0.465 e. The Kier molecular flexibility index (Phi) is 9.26. The molecule has 0 aromatic heterocycles. The van der Waals surface area contributed by atoms with Crippen LogP contribution in [0.25, 0.3) is 0 Å². The van der Waals surface area contributed by atoms with E-state index in [2.05, 4.69) is 6.92 Å². The lowest BCUT2D eigenvalue weighted by Crippen LogP contribution is -2.38. The molecular formula is C16H30O4. The zero-order valence-electron chi connectivity index (χ0n) is 13.7. The van der Waals surface area contributed by atoms with Crippen LogP contribution in [0.4, 0.5) is 0 Å². The van der Waals surface area contributed by atoms with Crippen LogP contribution in [-0.2, 0) is 19.1 Å². The van der Waals surface area contributed by atoms with Crippen molar-refractivity contribution in [1.82, 2.24) is 0 Å². The van der Waals surface area contributed by atoms with Gasteiger partial charge in [0.05, 0.1) is 12.7 Å². The quantitative estimate of drug-likeness (QED) is 0.347. The molecule has 0 aliphatic heterocycles. The molecule has 0 rings (SSSR count). The summed E-state index contributed by atoms with van der Waals surface area (Å²) in [6, 6.07) is 0. The van der Waals surface area contributed by atoms with Crippen molar-refractivity contribution in [3.63, 3.8) is 0 Å². The summed E-state index contributed by atoms with van der Waals surface area (Å²) in [7, 11) is 0. The van der Waals surface area contributed by atoms with Crippen LogP contribution in [-0.4, -0.2) is 24.6 Å². The summed E-state index contributed by atoms with van der Waals surface area (Å²) in [4.78, 5) is 23.9. The Balaban J connectivity index is 4.18. The van der Waals surface area contributed by atoms with Crippen LogP contribution in [0.5, 0.6) is 0 Å². The van der Waals surface area contributed by atoms with Gasteiger partial charge in [-0.3, -0.25) is 9.59 Å². The number of rotatable bonds is 10. The summed E-state index contributed by atoms with van der Waals surface area (Å²) >= 11 is 0. The molecule has 0 aromatic rings. The number of hydrogen-bond donors (Lipinski definition) is 0. The van der Waals surface area contributed by atoms with Gasteiger partial charge in [0.1, 0.15) is 0 Å². The summed E-state index contributed by atoms with van der Waals surface area (Å²) in [5, 5.41) is 0. The van der Waals surface area contributed by atoms with Gasteiger partial charge < -0.3 is 9.47 Å². The van der Waals surface area contributed by atoms with Gasteiger partial charge in [-0.05, 0) is 40.0 Å². The van der Waals surface area contributed by atoms with Gasteiger partial charge >= 0.3 is 11.9 Å². The number of unbranched alkanes of at least 4 members (excludes halogenated alkanes) is 3. The molecular weight excluding hydrogens is 256 g/mol. The van der Waals surface area contributed by atoms with Crippen molar-refractivity contribution < 1.29 is 19.1 Å². The third kappa shape index (κ3) is 6.92. The predicted octanol–water partition coefficient (Wildman–Crippen LogP) is 3.87. The maximum atomic E-state index is 12.0. The van der Waals surface area contributed by atoms with Crippen molar-refractivity contribution in [2.24, 2.45) is 5.41 Å². The van der Waals surface area contributed by atoms with Crippen LogP contribution < -0.4 is 0 Å². The third-order valence-corrected chi connectivity index (χ3v) is 3.23. The van der Waals surface area contributed by atoms with Crippen molar-refractivity contribution in [3.8, 4) is 0 Å². The predicted molar refractivity (Wildman–Crippen MR) is 79.3 cm³/mol. The van der Waals surface area contributed by atoms with Gasteiger partial charge in [-0.2, -0.15) is 0 Å². The van der Waals surface area contributed by atoms with Gasteiger partial charge in [-0.25, -0.2) is 0 Å². The van der Waals surface area contributed by atoms with E-state index in [-0.39, 0.29) is 6.10 Å². The SMILES string of the molecule is CCCCCCC(C)OC(=O)C(C)(C)C(=O)OCCC. The molecule has 4 heteroatoms. The first-order chi connectivity index (χ1) is 9.36. The van der Waals surface area contributed by atoms with E-state index in [1.165, 1.54) is 12.8 Å². The van der Waals surface area contributed by atoms with Crippen molar-refractivity contribution in [1.29, 1.82) is 0 Å². The average Bonchev–Trinajstić information content (AvgIpc) is 2.40. The Hall–Kier alpha value is -1.06. The van der Waals surface area contributed by atoms with E-state index in [1.807, 2.05) is 13.8 Å². The Bertz CT molecular complexity index is 297. The van der Waals surface area contributed by atoms with Crippen LogP contribution in [0.2, 0.25) is 0 Å². The first-order valence-electron chi connectivity index (χ1n) is 7.74. The van der Waals surface area contributed by atoms with Crippen molar-refractivity contribution in [2.45, 2.75) is 79.2 Å². The highest BCUT2D eigenvalue weighted by Gasteiger charge is 2.40.